The summed E-state index contributed by atoms with van der Waals surface area (Å²) in [5, 5.41) is 7.01. The summed E-state index contributed by atoms with van der Waals surface area (Å²) in [6.45, 7) is 7.44. The minimum Gasteiger partial charge on any atom is -0.351 e. The summed E-state index contributed by atoms with van der Waals surface area (Å²) in [4.78, 5) is 23.4. The molecule has 0 spiro atoms. The molecule has 1 unspecified atom stereocenters. The molecular formula is C27H32ClN7OS. The Balaban J connectivity index is 1.38. The van der Waals surface area contributed by atoms with Crippen molar-refractivity contribution < 1.29 is 4.79 Å². The SMILES string of the molecule is CCN(CC)CCNC(=O)c1cnc(NNC(=S)NC2c3ccccc3CCc3ccncc32)c(Cl)c1. The lowest BCUT2D eigenvalue weighted by Gasteiger charge is -2.23. The van der Waals surface area contributed by atoms with Crippen LogP contribution in [-0.4, -0.2) is 52.1 Å². The van der Waals surface area contributed by atoms with Gasteiger partial charge in [-0.3, -0.25) is 20.6 Å². The van der Waals surface area contributed by atoms with E-state index >= 15 is 0 Å². The third kappa shape index (κ3) is 6.74. The maximum absolute atomic E-state index is 12.5. The Bertz CT molecular complexity index is 1200. The first-order chi connectivity index (χ1) is 18.0. The van der Waals surface area contributed by atoms with Crippen LogP contribution in [0.1, 0.15) is 52.5 Å². The molecule has 4 rings (SSSR count). The van der Waals surface area contributed by atoms with E-state index in [-0.39, 0.29) is 11.9 Å². The summed E-state index contributed by atoms with van der Waals surface area (Å²) < 4.78 is 0. The molecule has 0 saturated carbocycles. The second-order valence-corrected chi connectivity index (χ2v) is 9.58. The van der Waals surface area contributed by atoms with Gasteiger partial charge in [0, 0.05) is 37.2 Å². The average Bonchev–Trinajstić information content (AvgIpc) is 3.07. The Hall–Kier alpha value is -3.27. The number of aryl methyl sites for hydroxylation is 2. The van der Waals surface area contributed by atoms with Crippen molar-refractivity contribution in [3.63, 3.8) is 0 Å². The van der Waals surface area contributed by atoms with Gasteiger partial charge in [0.05, 0.1) is 16.6 Å². The predicted molar refractivity (Wildman–Crippen MR) is 152 cm³/mol. The molecule has 1 amide bonds. The topological polar surface area (TPSA) is 94.2 Å². The van der Waals surface area contributed by atoms with E-state index in [0.29, 0.717) is 28.1 Å². The Morgan fingerprint density at radius 3 is 2.62 bits per heavy atom. The quantitative estimate of drug-likeness (QED) is 0.241. The van der Waals surface area contributed by atoms with E-state index < -0.39 is 0 Å². The first kappa shape index (κ1) is 26.8. The zero-order valence-corrected chi connectivity index (χ0v) is 22.6. The number of amides is 1. The molecule has 1 aromatic carbocycles. The number of nitrogens with zero attached hydrogens (tertiary/aromatic N) is 3. The second kappa shape index (κ2) is 12.8. The zero-order chi connectivity index (χ0) is 26.2. The van der Waals surface area contributed by atoms with Gasteiger partial charge in [-0.25, -0.2) is 4.98 Å². The standard InChI is InChI=1S/C27H32ClN7OS/c1-3-35(4-2)14-13-30-26(36)20-15-23(28)25(31-16-20)33-34-27(37)32-24-21-8-6-5-7-18(21)9-10-19-11-12-29-17-22(19)24/h5-8,11-12,15-17,24H,3-4,9-10,13-14H2,1-2H3,(H,30,36)(H,31,33)(H2,32,34,37). The molecule has 2 aromatic heterocycles. The predicted octanol–water partition coefficient (Wildman–Crippen LogP) is 3.88. The van der Waals surface area contributed by atoms with Crippen LogP contribution >= 0.6 is 23.8 Å². The van der Waals surface area contributed by atoms with Crippen LogP contribution in [-0.2, 0) is 12.8 Å². The van der Waals surface area contributed by atoms with Crippen molar-refractivity contribution in [1.29, 1.82) is 0 Å². The summed E-state index contributed by atoms with van der Waals surface area (Å²) in [5.74, 6) is 0.159. The Labute approximate surface area is 228 Å². The highest BCUT2D eigenvalue weighted by Gasteiger charge is 2.24. The first-order valence-corrected chi connectivity index (χ1v) is 13.3. The van der Waals surface area contributed by atoms with Gasteiger partial charge in [0.25, 0.3) is 5.91 Å². The van der Waals surface area contributed by atoms with Crippen LogP contribution in [0.2, 0.25) is 5.02 Å². The lowest BCUT2D eigenvalue weighted by atomic mass is 9.96. The normalized spacial score (nSPS) is 14.2. The van der Waals surface area contributed by atoms with Crippen LogP contribution in [0.25, 0.3) is 0 Å². The number of hydrogen-bond acceptors (Lipinski definition) is 6. The molecule has 0 aliphatic heterocycles. The van der Waals surface area contributed by atoms with E-state index in [4.69, 9.17) is 23.8 Å². The summed E-state index contributed by atoms with van der Waals surface area (Å²) in [5.41, 5.74) is 11.1. The lowest BCUT2D eigenvalue weighted by Crippen LogP contribution is -2.41. The van der Waals surface area contributed by atoms with Crippen molar-refractivity contribution in [2.75, 3.05) is 31.6 Å². The van der Waals surface area contributed by atoms with Gasteiger partial charge in [0.2, 0.25) is 0 Å². The molecule has 1 atom stereocenters. The molecule has 194 valence electrons. The number of thiocarbonyl (C=S) groups is 1. The molecule has 10 heteroatoms. The van der Waals surface area contributed by atoms with Crippen molar-refractivity contribution in [2.24, 2.45) is 0 Å². The minimum absolute atomic E-state index is 0.143. The van der Waals surface area contributed by atoms with Gasteiger partial charge in [0.15, 0.2) is 10.9 Å². The average molecular weight is 538 g/mol. The summed E-state index contributed by atoms with van der Waals surface area (Å²) in [6.07, 6.45) is 7.11. The van der Waals surface area contributed by atoms with E-state index in [2.05, 4.69) is 74.5 Å². The highest BCUT2D eigenvalue weighted by Crippen LogP contribution is 2.32. The minimum atomic E-state index is -0.211. The van der Waals surface area contributed by atoms with E-state index in [1.807, 2.05) is 18.5 Å². The molecule has 37 heavy (non-hydrogen) atoms. The van der Waals surface area contributed by atoms with Gasteiger partial charge >= 0.3 is 0 Å². The number of carbonyl (C=O) groups excluding carboxylic acids is 1. The number of benzene rings is 1. The summed E-state index contributed by atoms with van der Waals surface area (Å²) >= 11 is 12.0. The summed E-state index contributed by atoms with van der Waals surface area (Å²) in [7, 11) is 0. The number of fused-ring (bicyclic) bond motifs is 2. The smallest absolute Gasteiger partial charge is 0.252 e. The van der Waals surface area contributed by atoms with Crippen LogP contribution in [0.4, 0.5) is 5.82 Å². The number of pyridine rings is 2. The molecule has 0 radical (unpaired) electrons. The van der Waals surface area contributed by atoms with Gasteiger partial charge < -0.3 is 15.5 Å². The maximum Gasteiger partial charge on any atom is 0.252 e. The van der Waals surface area contributed by atoms with E-state index in [0.717, 1.165) is 38.0 Å². The number of hydrazine groups is 1. The highest BCUT2D eigenvalue weighted by molar-refractivity contribution is 7.80. The van der Waals surface area contributed by atoms with Crippen molar-refractivity contribution in [3.8, 4) is 0 Å². The number of hydrogen-bond donors (Lipinski definition) is 4. The number of carbonyl (C=O) groups is 1. The number of halogens is 1. The summed E-state index contributed by atoms with van der Waals surface area (Å²) in [6, 6.07) is 11.9. The van der Waals surface area contributed by atoms with Crippen LogP contribution in [0.15, 0.2) is 55.0 Å². The third-order valence-corrected chi connectivity index (χ3v) is 7.08. The van der Waals surface area contributed by atoms with Crippen LogP contribution in [0.3, 0.4) is 0 Å². The van der Waals surface area contributed by atoms with Gasteiger partial charge in [-0.2, -0.15) is 0 Å². The molecular weight excluding hydrogens is 506 g/mol. The molecule has 0 bridgehead atoms. The van der Waals surface area contributed by atoms with Gasteiger partial charge in [-0.05, 0) is 67.0 Å². The molecule has 1 aliphatic rings. The molecule has 0 saturated heterocycles. The van der Waals surface area contributed by atoms with E-state index in [1.54, 1.807) is 6.07 Å². The zero-order valence-electron chi connectivity index (χ0n) is 21.1. The van der Waals surface area contributed by atoms with Gasteiger partial charge in [0.1, 0.15) is 0 Å². The number of nitrogens with one attached hydrogen (secondary N) is 4. The Kier molecular flexibility index (Phi) is 9.27. The van der Waals surface area contributed by atoms with Crippen molar-refractivity contribution >= 4 is 40.7 Å². The van der Waals surface area contributed by atoms with E-state index in [9.17, 15) is 4.79 Å². The number of anilines is 1. The van der Waals surface area contributed by atoms with Crippen LogP contribution in [0.5, 0.6) is 0 Å². The number of rotatable bonds is 9. The monoisotopic (exact) mass is 537 g/mol. The van der Waals surface area contributed by atoms with Crippen molar-refractivity contribution in [2.45, 2.75) is 32.7 Å². The fourth-order valence-electron chi connectivity index (χ4n) is 4.47. The number of aromatic nitrogens is 2. The van der Waals surface area contributed by atoms with Crippen molar-refractivity contribution in [1.82, 2.24) is 30.9 Å². The van der Waals surface area contributed by atoms with E-state index in [1.165, 1.54) is 22.9 Å². The van der Waals surface area contributed by atoms with Gasteiger partial charge in [-0.1, -0.05) is 49.7 Å². The van der Waals surface area contributed by atoms with Crippen molar-refractivity contribution in [3.05, 3.63) is 87.8 Å². The van der Waals surface area contributed by atoms with Crippen LogP contribution < -0.4 is 21.5 Å². The molecule has 3 aromatic rings. The number of likely N-dealkylation sites (N-methyl/N-ethyl adjacent to an activating group) is 1. The largest absolute Gasteiger partial charge is 0.351 e. The molecule has 2 heterocycles. The van der Waals surface area contributed by atoms with Gasteiger partial charge in [-0.15, -0.1) is 0 Å². The molecule has 8 nitrogen and oxygen atoms in total. The third-order valence-electron chi connectivity index (χ3n) is 6.57. The molecule has 0 fully saturated rings. The van der Waals surface area contributed by atoms with Crippen LogP contribution in [0, 0.1) is 0 Å². The maximum atomic E-state index is 12.5. The fraction of sp³-hybridized carbons (Fsp3) is 0.333. The second-order valence-electron chi connectivity index (χ2n) is 8.77. The fourth-order valence-corrected chi connectivity index (χ4v) is 4.85. The highest BCUT2D eigenvalue weighted by atomic mass is 35.5. The molecule has 1 aliphatic carbocycles. The molecule has 4 N–H and O–H groups in total. The Morgan fingerprint density at radius 2 is 1.86 bits per heavy atom. The lowest BCUT2D eigenvalue weighted by molar-refractivity contribution is 0.0948. The Morgan fingerprint density at radius 1 is 1.11 bits per heavy atom. The first-order valence-electron chi connectivity index (χ1n) is 12.5.